The van der Waals surface area contributed by atoms with Gasteiger partial charge in [0.05, 0.1) is 18.9 Å². The molecule has 88 valence electrons. The number of nitrogen functional groups attached to an aromatic ring is 1. The zero-order valence-electron chi connectivity index (χ0n) is 10.0. The van der Waals surface area contributed by atoms with Gasteiger partial charge >= 0.3 is 0 Å². The average Bonchev–Trinajstić information content (AvgIpc) is 2.51. The van der Waals surface area contributed by atoms with E-state index in [2.05, 4.69) is 13.0 Å². The first-order valence-corrected chi connectivity index (χ1v) is 5.91. The smallest absolute Gasteiger partial charge is 0.184 e. The number of rotatable bonds is 2. The van der Waals surface area contributed by atoms with Crippen molar-refractivity contribution in [1.29, 1.82) is 0 Å². The third kappa shape index (κ3) is 1.94. The summed E-state index contributed by atoms with van der Waals surface area (Å²) in [5.74, 6) is 1.58. The van der Waals surface area contributed by atoms with Gasteiger partial charge in [-0.1, -0.05) is 19.4 Å². The first-order chi connectivity index (χ1) is 7.74. The molecule has 0 saturated heterocycles. The molecular formula is C13H19NO2. The second-order valence-corrected chi connectivity index (χ2v) is 4.22. The SMILES string of the molecule is CCCc1cc(C)c2c(c1N)OCCCO2. The van der Waals surface area contributed by atoms with Gasteiger partial charge in [0.2, 0.25) is 0 Å². The number of anilines is 1. The van der Waals surface area contributed by atoms with Crippen LogP contribution in [-0.2, 0) is 6.42 Å². The van der Waals surface area contributed by atoms with Crippen LogP contribution in [0.4, 0.5) is 5.69 Å². The summed E-state index contributed by atoms with van der Waals surface area (Å²) in [6.07, 6.45) is 2.99. The van der Waals surface area contributed by atoms with E-state index in [1.54, 1.807) is 0 Å². The average molecular weight is 221 g/mol. The minimum absolute atomic E-state index is 0.687. The first kappa shape index (κ1) is 11.1. The van der Waals surface area contributed by atoms with E-state index < -0.39 is 0 Å². The Bertz CT molecular complexity index is 388. The highest BCUT2D eigenvalue weighted by Gasteiger charge is 2.18. The summed E-state index contributed by atoms with van der Waals surface area (Å²) >= 11 is 0. The second kappa shape index (κ2) is 4.64. The van der Waals surface area contributed by atoms with E-state index in [0.717, 1.165) is 42.0 Å². The Morgan fingerprint density at radius 1 is 1.25 bits per heavy atom. The Morgan fingerprint density at radius 2 is 1.94 bits per heavy atom. The molecule has 1 aliphatic rings. The van der Waals surface area contributed by atoms with Gasteiger partial charge in [-0.3, -0.25) is 0 Å². The minimum Gasteiger partial charge on any atom is -0.489 e. The highest BCUT2D eigenvalue weighted by molar-refractivity contribution is 5.67. The molecule has 0 atom stereocenters. The van der Waals surface area contributed by atoms with Gasteiger partial charge < -0.3 is 15.2 Å². The Kier molecular flexibility index (Phi) is 3.22. The lowest BCUT2D eigenvalue weighted by atomic mass is 10.0. The molecule has 0 saturated carbocycles. The number of hydrogen-bond acceptors (Lipinski definition) is 3. The van der Waals surface area contributed by atoms with Gasteiger partial charge in [-0.25, -0.2) is 0 Å². The van der Waals surface area contributed by atoms with Crippen molar-refractivity contribution in [2.45, 2.75) is 33.1 Å². The van der Waals surface area contributed by atoms with Crippen molar-refractivity contribution in [3.63, 3.8) is 0 Å². The molecule has 1 aliphatic heterocycles. The fourth-order valence-corrected chi connectivity index (χ4v) is 2.06. The zero-order valence-corrected chi connectivity index (χ0v) is 10.0. The van der Waals surface area contributed by atoms with E-state index in [-0.39, 0.29) is 0 Å². The molecule has 0 bridgehead atoms. The van der Waals surface area contributed by atoms with Crippen molar-refractivity contribution in [1.82, 2.24) is 0 Å². The van der Waals surface area contributed by atoms with Crippen LogP contribution in [0.3, 0.4) is 0 Å². The van der Waals surface area contributed by atoms with Crippen molar-refractivity contribution < 1.29 is 9.47 Å². The summed E-state index contributed by atoms with van der Waals surface area (Å²) in [6, 6.07) is 2.12. The molecule has 0 unspecified atom stereocenters. The molecule has 1 aromatic rings. The van der Waals surface area contributed by atoms with Crippen molar-refractivity contribution in [3.8, 4) is 11.5 Å². The molecule has 2 rings (SSSR count). The largest absolute Gasteiger partial charge is 0.489 e. The topological polar surface area (TPSA) is 44.5 Å². The van der Waals surface area contributed by atoms with Crippen LogP contribution in [0.2, 0.25) is 0 Å². The summed E-state index contributed by atoms with van der Waals surface area (Å²) in [6.45, 7) is 5.59. The lowest BCUT2D eigenvalue weighted by molar-refractivity contribution is 0.296. The number of hydrogen-bond donors (Lipinski definition) is 1. The van der Waals surface area contributed by atoms with Gasteiger partial charge in [-0.2, -0.15) is 0 Å². The van der Waals surface area contributed by atoms with Crippen molar-refractivity contribution >= 4 is 5.69 Å². The monoisotopic (exact) mass is 221 g/mol. The van der Waals surface area contributed by atoms with Crippen molar-refractivity contribution in [2.24, 2.45) is 0 Å². The number of benzene rings is 1. The Morgan fingerprint density at radius 3 is 2.62 bits per heavy atom. The normalized spacial score (nSPS) is 14.6. The van der Waals surface area contributed by atoms with Crippen LogP contribution in [0.15, 0.2) is 6.07 Å². The van der Waals surface area contributed by atoms with E-state index in [1.165, 1.54) is 5.56 Å². The van der Waals surface area contributed by atoms with Crippen molar-refractivity contribution in [2.75, 3.05) is 18.9 Å². The predicted molar refractivity (Wildman–Crippen MR) is 65.2 cm³/mol. The van der Waals surface area contributed by atoms with Crippen LogP contribution in [-0.4, -0.2) is 13.2 Å². The molecule has 3 heteroatoms. The van der Waals surface area contributed by atoms with Crippen LogP contribution >= 0.6 is 0 Å². The fraction of sp³-hybridized carbons (Fsp3) is 0.538. The third-order valence-corrected chi connectivity index (χ3v) is 2.85. The van der Waals surface area contributed by atoms with Crippen LogP contribution < -0.4 is 15.2 Å². The molecule has 0 radical (unpaired) electrons. The Hall–Kier alpha value is -1.38. The maximum Gasteiger partial charge on any atom is 0.184 e. The van der Waals surface area contributed by atoms with Crippen LogP contribution in [0.1, 0.15) is 30.9 Å². The Balaban J connectivity index is 2.47. The summed E-state index contributed by atoms with van der Waals surface area (Å²) in [7, 11) is 0. The maximum atomic E-state index is 6.12. The number of aryl methyl sites for hydroxylation is 2. The lowest BCUT2D eigenvalue weighted by Gasteiger charge is -2.16. The molecule has 2 N–H and O–H groups in total. The fourth-order valence-electron chi connectivity index (χ4n) is 2.06. The number of ether oxygens (including phenoxy) is 2. The summed E-state index contributed by atoms with van der Waals surface area (Å²) in [5, 5.41) is 0. The summed E-state index contributed by atoms with van der Waals surface area (Å²) < 4.78 is 11.4. The molecule has 1 heterocycles. The van der Waals surface area contributed by atoms with E-state index in [1.807, 2.05) is 6.92 Å². The second-order valence-electron chi connectivity index (χ2n) is 4.22. The maximum absolute atomic E-state index is 6.12. The molecule has 0 fully saturated rings. The summed E-state index contributed by atoms with van der Waals surface area (Å²) in [4.78, 5) is 0. The molecule has 16 heavy (non-hydrogen) atoms. The predicted octanol–water partition coefficient (Wildman–Crippen LogP) is 2.69. The highest BCUT2D eigenvalue weighted by Crippen LogP contribution is 2.40. The van der Waals surface area contributed by atoms with E-state index in [4.69, 9.17) is 15.2 Å². The molecule has 0 spiro atoms. The molecule has 0 amide bonds. The molecular weight excluding hydrogens is 202 g/mol. The minimum atomic E-state index is 0.687. The van der Waals surface area contributed by atoms with E-state index >= 15 is 0 Å². The van der Waals surface area contributed by atoms with Gasteiger partial charge in [0.1, 0.15) is 0 Å². The van der Waals surface area contributed by atoms with Crippen molar-refractivity contribution in [3.05, 3.63) is 17.2 Å². The number of fused-ring (bicyclic) bond motifs is 1. The summed E-state index contributed by atoms with van der Waals surface area (Å²) in [5.41, 5.74) is 9.17. The number of nitrogens with two attached hydrogens (primary N) is 1. The standard InChI is InChI=1S/C13H19NO2/c1-3-5-10-8-9(2)12-13(11(10)14)16-7-4-6-15-12/h8H,3-7,14H2,1-2H3. The molecule has 3 nitrogen and oxygen atoms in total. The molecule has 0 aromatic heterocycles. The van der Waals surface area contributed by atoms with Gasteiger partial charge in [-0.05, 0) is 24.5 Å². The van der Waals surface area contributed by atoms with Crippen LogP contribution in [0.5, 0.6) is 11.5 Å². The van der Waals surface area contributed by atoms with Gasteiger partial charge in [0.15, 0.2) is 11.5 Å². The Labute approximate surface area is 96.5 Å². The van der Waals surface area contributed by atoms with E-state index in [9.17, 15) is 0 Å². The van der Waals surface area contributed by atoms with E-state index in [0.29, 0.717) is 13.2 Å². The van der Waals surface area contributed by atoms with Gasteiger partial charge in [-0.15, -0.1) is 0 Å². The molecule has 1 aromatic carbocycles. The zero-order chi connectivity index (χ0) is 11.5. The molecule has 0 aliphatic carbocycles. The van der Waals surface area contributed by atoms with Gasteiger partial charge in [0.25, 0.3) is 0 Å². The van der Waals surface area contributed by atoms with Crippen LogP contribution in [0, 0.1) is 6.92 Å². The quantitative estimate of drug-likeness (QED) is 0.781. The van der Waals surface area contributed by atoms with Crippen LogP contribution in [0.25, 0.3) is 0 Å². The first-order valence-electron chi connectivity index (χ1n) is 5.91. The third-order valence-electron chi connectivity index (χ3n) is 2.85. The lowest BCUT2D eigenvalue weighted by Crippen LogP contribution is -2.02. The highest BCUT2D eigenvalue weighted by atomic mass is 16.5. The van der Waals surface area contributed by atoms with Gasteiger partial charge in [0, 0.05) is 6.42 Å².